The normalized spacial score (nSPS) is 11.1. The Morgan fingerprint density at radius 2 is 2.00 bits per heavy atom. The highest BCUT2D eigenvalue weighted by Crippen LogP contribution is 2.22. The number of hydrogen-bond donors (Lipinski definition) is 2. The lowest BCUT2D eigenvalue weighted by Gasteiger charge is -2.09. The summed E-state index contributed by atoms with van der Waals surface area (Å²) in [4.78, 5) is 14.5. The van der Waals surface area contributed by atoms with E-state index in [4.69, 9.17) is 5.11 Å². The van der Waals surface area contributed by atoms with Gasteiger partial charge in [-0.05, 0) is 42.8 Å². The van der Waals surface area contributed by atoms with E-state index in [9.17, 15) is 13.2 Å². The monoisotopic (exact) mass is 370 g/mol. The summed E-state index contributed by atoms with van der Waals surface area (Å²) in [6, 6.07) is 7.16. The summed E-state index contributed by atoms with van der Waals surface area (Å²) < 4.78 is 27.6. The third kappa shape index (κ3) is 3.59. The summed E-state index contributed by atoms with van der Waals surface area (Å²) in [6.07, 6.45) is 1.23. The van der Waals surface area contributed by atoms with Gasteiger partial charge in [0.2, 0.25) is 0 Å². The molecule has 0 saturated heterocycles. The van der Waals surface area contributed by atoms with Gasteiger partial charge in [-0.1, -0.05) is 15.9 Å². The fourth-order valence-corrected chi connectivity index (χ4v) is 2.99. The Bertz CT molecular complexity index is 806. The van der Waals surface area contributed by atoms with Gasteiger partial charge in [0.05, 0.1) is 10.6 Å². The number of rotatable bonds is 4. The predicted octanol–water partition coefficient (Wildman–Crippen LogP) is 2.65. The van der Waals surface area contributed by atoms with E-state index < -0.39 is 16.0 Å². The van der Waals surface area contributed by atoms with E-state index in [1.165, 1.54) is 24.4 Å². The number of aromatic carboxylic acids is 1. The lowest BCUT2D eigenvalue weighted by molar-refractivity contribution is 0.0690. The molecule has 110 valence electrons. The number of sulfonamides is 1. The first kappa shape index (κ1) is 15.5. The molecule has 0 amide bonds. The molecule has 0 unspecified atom stereocenters. The molecule has 0 radical (unpaired) electrons. The van der Waals surface area contributed by atoms with Crippen LogP contribution < -0.4 is 4.72 Å². The molecule has 0 saturated carbocycles. The van der Waals surface area contributed by atoms with E-state index in [0.29, 0.717) is 0 Å². The molecule has 0 fully saturated rings. The van der Waals surface area contributed by atoms with Crippen molar-refractivity contribution in [3.63, 3.8) is 0 Å². The molecule has 8 heteroatoms. The summed E-state index contributed by atoms with van der Waals surface area (Å²) in [7, 11) is -3.79. The van der Waals surface area contributed by atoms with Crippen LogP contribution in [0.1, 0.15) is 16.1 Å². The third-order valence-electron chi connectivity index (χ3n) is 2.67. The lowest BCUT2D eigenvalue weighted by Crippen LogP contribution is -2.14. The smallest absolute Gasteiger partial charge is 0.354 e. The highest BCUT2D eigenvalue weighted by Gasteiger charge is 2.16. The van der Waals surface area contributed by atoms with Crippen LogP contribution >= 0.6 is 15.9 Å². The van der Waals surface area contributed by atoms with Crippen molar-refractivity contribution in [3.05, 3.63) is 52.3 Å². The topological polar surface area (TPSA) is 96.4 Å². The highest BCUT2D eigenvalue weighted by molar-refractivity contribution is 9.10. The first-order valence-corrected chi connectivity index (χ1v) is 8.05. The second kappa shape index (κ2) is 5.82. The summed E-state index contributed by atoms with van der Waals surface area (Å²) in [5, 5.41) is 8.85. The van der Waals surface area contributed by atoms with Crippen molar-refractivity contribution in [1.82, 2.24) is 4.98 Å². The largest absolute Gasteiger partial charge is 0.477 e. The maximum atomic E-state index is 12.3. The van der Waals surface area contributed by atoms with Gasteiger partial charge in [-0.2, -0.15) is 0 Å². The Balaban J connectivity index is 2.35. The van der Waals surface area contributed by atoms with Crippen molar-refractivity contribution in [2.75, 3.05) is 4.72 Å². The van der Waals surface area contributed by atoms with Crippen molar-refractivity contribution in [2.24, 2.45) is 0 Å². The number of nitrogens with zero attached hydrogens (tertiary/aromatic N) is 1. The van der Waals surface area contributed by atoms with Gasteiger partial charge in [-0.3, -0.25) is 4.72 Å². The molecule has 2 N–H and O–H groups in total. The van der Waals surface area contributed by atoms with Crippen LogP contribution in [0.2, 0.25) is 0 Å². The van der Waals surface area contributed by atoms with Crippen LogP contribution in [0.5, 0.6) is 0 Å². The molecule has 0 aliphatic rings. The summed E-state index contributed by atoms with van der Waals surface area (Å²) >= 11 is 3.30. The van der Waals surface area contributed by atoms with E-state index in [2.05, 4.69) is 25.6 Å². The minimum atomic E-state index is -3.79. The Kier molecular flexibility index (Phi) is 4.29. The van der Waals surface area contributed by atoms with Gasteiger partial charge in [0, 0.05) is 10.7 Å². The van der Waals surface area contributed by atoms with Gasteiger partial charge >= 0.3 is 5.97 Å². The molecule has 21 heavy (non-hydrogen) atoms. The Morgan fingerprint density at radius 1 is 1.29 bits per heavy atom. The number of carboxylic acid groups (broad SMARTS) is 1. The van der Waals surface area contributed by atoms with Crippen molar-refractivity contribution >= 4 is 37.6 Å². The fraction of sp³-hybridized carbons (Fsp3) is 0.0769. The zero-order valence-electron chi connectivity index (χ0n) is 10.9. The molecule has 0 aliphatic heterocycles. The van der Waals surface area contributed by atoms with Gasteiger partial charge in [0.25, 0.3) is 10.0 Å². The molecule has 6 nitrogen and oxygen atoms in total. The van der Waals surface area contributed by atoms with Crippen molar-refractivity contribution in [1.29, 1.82) is 0 Å². The van der Waals surface area contributed by atoms with Crippen molar-refractivity contribution < 1.29 is 18.3 Å². The molecular formula is C13H11BrN2O4S. The van der Waals surface area contributed by atoms with E-state index >= 15 is 0 Å². The van der Waals surface area contributed by atoms with Crippen LogP contribution in [-0.4, -0.2) is 24.5 Å². The number of anilines is 1. The first-order chi connectivity index (χ1) is 9.79. The standard InChI is InChI=1S/C13H11BrN2O4S/c1-8-6-10(2-3-11(8)14)21(19,20)16-9-4-5-15-12(7-9)13(17)18/h2-7H,1H3,(H,15,16)(H,17,18). The highest BCUT2D eigenvalue weighted by atomic mass is 79.9. The number of nitrogens with one attached hydrogen (secondary N) is 1. The average molecular weight is 371 g/mol. The molecule has 1 heterocycles. The van der Waals surface area contributed by atoms with E-state index in [-0.39, 0.29) is 16.3 Å². The zero-order valence-corrected chi connectivity index (χ0v) is 13.3. The number of hydrogen-bond acceptors (Lipinski definition) is 4. The minimum Gasteiger partial charge on any atom is -0.477 e. The Hall–Kier alpha value is -1.93. The fourth-order valence-electron chi connectivity index (χ4n) is 1.61. The average Bonchev–Trinajstić information content (AvgIpc) is 2.41. The van der Waals surface area contributed by atoms with Crippen molar-refractivity contribution in [3.8, 4) is 0 Å². The molecule has 1 aromatic carbocycles. The Morgan fingerprint density at radius 3 is 2.62 bits per heavy atom. The summed E-state index contributed by atoms with van der Waals surface area (Å²) in [6.45, 7) is 1.78. The SMILES string of the molecule is Cc1cc(S(=O)(=O)Nc2ccnc(C(=O)O)c2)ccc1Br. The van der Waals surface area contributed by atoms with Gasteiger partial charge in [0.15, 0.2) is 0 Å². The van der Waals surface area contributed by atoms with Crippen LogP contribution in [0.25, 0.3) is 0 Å². The molecule has 0 spiro atoms. The first-order valence-electron chi connectivity index (χ1n) is 5.78. The molecule has 2 aromatic rings. The molecule has 1 aromatic heterocycles. The number of pyridine rings is 1. The molecule has 0 bridgehead atoms. The number of carbonyl (C=O) groups is 1. The van der Waals surface area contributed by atoms with Crippen LogP contribution in [0, 0.1) is 6.92 Å². The van der Waals surface area contributed by atoms with Gasteiger partial charge in [-0.25, -0.2) is 18.2 Å². The second-order valence-corrected chi connectivity index (χ2v) is 6.79. The van der Waals surface area contributed by atoms with E-state index in [1.54, 1.807) is 13.0 Å². The number of benzene rings is 1. The molecule has 2 rings (SSSR count). The van der Waals surface area contributed by atoms with Gasteiger partial charge < -0.3 is 5.11 Å². The molecule has 0 aliphatic carbocycles. The molecule has 0 atom stereocenters. The van der Waals surface area contributed by atoms with E-state index in [0.717, 1.165) is 16.1 Å². The van der Waals surface area contributed by atoms with Crippen molar-refractivity contribution in [2.45, 2.75) is 11.8 Å². The molecular weight excluding hydrogens is 360 g/mol. The number of aromatic nitrogens is 1. The maximum absolute atomic E-state index is 12.3. The van der Waals surface area contributed by atoms with Gasteiger partial charge in [0.1, 0.15) is 5.69 Å². The number of carboxylic acids is 1. The van der Waals surface area contributed by atoms with Crippen LogP contribution in [0.4, 0.5) is 5.69 Å². The second-order valence-electron chi connectivity index (χ2n) is 4.25. The maximum Gasteiger partial charge on any atom is 0.354 e. The third-order valence-corrected chi connectivity index (χ3v) is 4.94. The lowest BCUT2D eigenvalue weighted by atomic mass is 10.2. The number of halogens is 1. The zero-order chi connectivity index (χ0) is 15.6. The van der Waals surface area contributed by atoms with Gasteiger partial charge in [-0.15, -0.1) is 0 Å². The van der Waals surface area contributed by atoms with Crippen LogP contribution in [0.15, 0.2) is 45.9 Å². The Labute approximate surface area is 130 Å². The minimum absolute atomic E-state index is 0.0943. The predicted molar refractivity (Wildman–Crippen MR) is 80.9 cm³/mol. The van der Waals surface area contributed by atoms with Crippen LogP contribution in [-0.2, 0) is 10.0 Å². The number of aryl methyl sites for hydroxylation is 1. The van der Waals surface area contributed by atoms with E-state index in [1.807, 2.05) is 0 Å². The summed E-state index contributed by atoms with van der Waals surface area (Å²) in [5.74, 6) is -1.23. The summed E-state index contributed by atoms with van der Waals surface area (Å²) in [5.41, 5.74) is 0.684. The quantitative estimate of drug-likeness (QED) is 0.862. The van der Waals surface area contributed by atoms with Crippen LogP contribution in [0.3, 0.4) is 0 Å².